The van der Waals surface area contributed by atoms with Crippen LogP contribution in [0.25, 0.3) is 0 Å². The molecular formula is C29H34BrN5O3. The standard InChI is InChI=1S/C29H34BrN5O3/c1-19-8-7-9-25(34-14-5-4-6-15-34)28(19)35(21-10-12-22(37-2)13-11-21)33-27(36)17-20-16-26(38-3)23(29(31)32)18-24(20)30/h7-13,16,18H,4-6,14-15,17H2,1-3H3,(H3,31,32)(H,33,36). The molecule has 3 aromatic rings. The van der Waals surface area contributed by atoms with Crippen LogP contribution in [0, 0.1) is 12.3 Å². The van der Waals surface area contributed by atoms with Gasteiger partial charge in [0.15, 0.2) is 0 Å². The molecule has 0 saturated carbocycles. The van der Waals surface area contributed by atoms with Gasteiger partial charge in [-0.25, -0.2) is 0 Å². The summed E-state index contributed by atoms with van der Waals surface area (Å²) in [5.41, 5.74) is 13.9. The fraction of sp³-hybridized carbons (Fsp3) is 0.310. The van der Waals surface area contributed by atoms with Gasteiger partial charge in [0, 0.05) is 17.6 Å². The van der Waals surface area contributed by atoms with Gasteiger partial charge in [0.05, 0.1) is 43.3 Å². The van der Waals surface area contributed by atoms with Crippen molar-refractivity contribution in [3.05, 3.63) is 75.8 Å². The number of hydrogen-bond donors (Lipinski definition) is 3. The quantitative estimate of drug-likeness (QED) is 0.177. The number of halogens is 1. The third-order valence-electron chi connectivity index (χ3n) is 6.71. The van der Waals surface area contributed by atoms with E-state index in [0.29, 0.717) is 15.8 Å². The number of amides is 1. The van der Waals surface area contributed by atoms with Gasteiger partial charge in [-0.05, 0) is 79.8 Å². The number of hydrogen-bond acceptors (Lipinski definition) is 6. The number of nitrogens with two attached hydrogens (primary N) is 1. The largest absolute Gasteiger partial charge is 0.497 e. The van der Waals surface area contributed by atoms with Gasteiger partial charge in [-0.1, -0.05) is 28.1 Å². The predicted molar refractivity (Wildman–Crippen MR) is 156 cm³/mol. The number of amidine groups is 1. The Morgan fingerprint density at radius 2 is 1.79 bits per heavy atom. The molecule has 200 valence electrons. The summed E-state index contributed by atoms with van der Waals surface area (Å²) in [5, 5.41) is 9.67. The summed E-state index contributed by atoms with van der Waals surface area (Å²) < 4.78 is 11.5. The molecule has 4 N–H and O–H groups in total. The van der Waals surface area contributed by atoms with Crippen LogP contribution in [0.15, 0.2) is 59.1 Å². The van der Waals surface area contributed by atoms with Gasteiger partial charge in [-0.15, -0.1) is 0 Å². The molecule has 0 spiro atoms. The van der Waals surface area contributed by atoms with Crippen LogP contribution in [0.5, 0.6) is 11.5 Å². The zero-order chi connectivity index (χ0) is 27.2. The maximum Gasteiger partial charge on any atom is 0.243 e. The van der Waals surface area contributed by atoms with Crippen molar-refractivity contribution in [3.8, 4) is 11.5 Å². The number of para-hydroxylation sites is 1. The molecule has 3 aromatic carbocycles. The highest BCUT2D eigenvalue weighted by Gasteiger charge is 2.23. The Hall–Kier alpha value is -3.72. The average molecular weight is 581 g/mol. The molecule has 38 heavy (non-hydrogen) atoms. The molecule has 9 heteroatoms. The molecule has 1 aliphatic rings. The molecule has 0 aromatic heterocycles. The normalized spacial score (nSPS) is 13.1. The van der Waals surface area contributed by atoms with Crippen LogP contribution in [0.2, 0.25) is 0 Å². The van der Waals surface area contributed by atoms with Gasteiger partial charge in [-0.3, -0.25) is 20.6 Å². The number of carbonyl (C=O) groups is 1. The molecule has 0 atom stereocenters. The minimum Gasteiger partial charge on any atom is -0.497 e. The molecule has 8 nitrogen and oxygen atoms in total. The first-order chi connectivity index (χ1) is 18.3. The van der Waals surface area contributed by atoms with Crippen LogP contribution >= 0.6 is 15.9 Å². The summed E-state index contributed by atoms with van der Waals surface area (Å²) in [6, 6.07) is 17.3. The topological polar surface area (TPSA) is 104 Å². The van der Waals surface area contributed by atoms with Crippen LogP contribution in [0.3, 0.4) is 0 Å². The maximum atomic E-state index is 13.5. The van der Waals surface area contributed by atoms with Gasteiger partial charge in [0.25, 0.3) is 0 Å². The van der Waals surface area contributed by atoms with Crippen LogP contribution < -0.4 is 30.5 Å². The lowest BCUT2D eigenvalue weighted by Gasteiger charge is -2.35. The molecule has 1 saturated heterocycles. The van der Waals surface area contributed by atoms with Crippen molar-refractivity contribution >= 4 is 44.7 Å². The fourth-order valence-electron chi connectivity index (χ4n) is 4.75. The predicted octanol–water partition coefficient (Wildman–Crippen LogP) is 5.46. The number of carbonyl (C=O) groups excluding carboxylic acids is 1. The van der Waals surface area contributed by atoms with E-state index in [-0.39, 0.29) is 18.2 Å². The molecule has 4 rings (SSSR count). The van der Waals surface area contributed by atoms with Crippen molar-refractivity contribution in [1.29, 1.82) is 5.41 Å². The number of ether oxygens (including phenoxy) is 2. The van der Waals surface area contributed by atoms with Gasteiger partial charge in [0.1, 0.15) is 17.3 Å². The van der Waals surface area contributed by atoms with Crippen molar-refractivity contribution < 1.29 is 14.3 Å². The van der Waals surface area contributed by atoms with Gasteiger partial charge in [-0.2, -0.15) is 0 Å². The SMILES string of the molecule is COc1ccc(N(NC(=O)Cc2cc(OC)c(C(=N)N)cc2Br)c2c(C)cccc2N2CCCCC2)cc1. The van der Waals surface area contributed by atoms with E-state index in [1.54, 1.807) is 19.2 Å². The third-order valence-corrected chi connectivity index (χ3v) is 7.45. The van der Waals surface area contributed by atoms with E-state index in [2.05, 4.69) is 51.4 Å². The lowest BCUT2D eigenvalue weighted by atomic mass is 10.1. The number of anilines is 3. The number of methoxy groups -OCH3 is 2. The van der Waals surface area contributed by atoms with Gasteiger partial charge in [0.2, 0.25) is 5.91 Å². The Labute approximate surface area is 232 Å². The van der Waals surface area contributed by atoms with Crippen molar-refractivity contribution in [3.63, 3.8) is 0 Å². The monoisotopic (exact) mass is 579 g/mol. The van der Waals surface area contributed by atoms with Gasteiger partial charge < -0.3 is 20.1 Å². The van der Waals surface area contributed by atoms with E-state index < -0.39 is 0 Å². The lowest BCUT2D eigenvalue weighted by Crippen LogP contribution is -2.41. The molecule has 0 bridgehead atoms. The van der Waals surface area contributed by atoms with E-state index in [4.69, 9.17) is 20.6 Å². The van der Waals surface area contributed by atoms with Crippen molar-refractivity contribution in [2.24, 2.45) is 5.73 Å². The first-order valence-corrected chi connectivity index (χ1v) is 13.4. The third kappa shape index (κ3) is 6.05. The zero-order valence-electron chi connectivity index (χ0n) is 22.0. The number of nitrogens with one attached hydrogen (secondary N) is 2. The van der Waals surface area contributed by atoms with E-state index in [0.717, 1.165) is 59.9 Å². The van der Waals surface area contributed by atoms with Crippen LogP contribution in [0.1, 0.15) is 36.0 Å². The smallest absolute Gasteiger partial charge is 0.243 e. The van der Waals surface area contributed by atoms with E-state index in [9.17, 15) is 4.79 Å². The van der Waals surface area contributed by atoms with Crippen LogP contribution in [-0.4, -0.2) is 39.1 Å². The van der Waals surface area contributed by atoms with E-state index in [1.807, 2.05) is 29.3 Å². The Morgan fingerprint density at radius 1 is 1.08 bits per heavy atom. The minimum atomic E-state index is -0.202. The molecule has 1 fully saturated rings. The number of aryl methyl sites for hydroxylation is 1. The zero-order valence-corrected chi connectivity index (χ0v) is 23.6. The summed E-state index contributed by atoms with van der Waals surface area (Å²) in [5.74, 6) is 0.880. The molecule has 1 heterocycles. The number of hydrazine groups is 1. The van der Waals surface area contributed by atoms with Gasteiger partial charge >= 0.3 is 0 Å². The first-order valence-electron chi connectivity index (χ1n) is 12.6. The fourth-order valence-corrected chi connectivity index (χ4v) is 5.24. The Balaban J connectivity index is 1.71. The van der Waals surface area contributed by atoms with Crippen molar-refractivity contribution in [2.75, 3.05) is 37.2 Å². The summed E-state index contributed by atoms with van der Waals surface area (Å²) in [4.78, 5) is 15.9. The number of nitrogens with zero attached hydrogens (tertiary/aromatic N) is 2. The lowest BCUT2D eigenvalue weighted by molar-refractivity contribution is -0.120. The second kappa shape index (κ2) is 12.2. The Kier molecular flexibility index (Phi) is 8.78. The molecule has 1 amide bonds. The number of rotatable bonds is 9. The maximum absolute atomic E-state index is 13.5. The second-order valence-electron chi connectivity index (χ2n) is 9.29. The summed E-state index contributed by atoms with van der Waals surface area (Å²) in [7, 11) is 3.15. The van der Waals surface area contributed by atoms with E-state index in [1.165, 1.54) is 13.5 Å². The van der Waals surface area contributed by atoms with Crippen molar-refractivity contribution in [2.45, 2.75) is 32.6 Å². The number of benzene rings is 3. The minimum absolute atomic E-state index is 0.0900. The average Bonchev–Trinajstić information content (AvgIpc) is 2.93. The summed E-state index contributed by atoms with van der Waals surface area (Å²) >= 11 is 3.53. The number of nitrogen functional groups attached to an aromatic ring is 1. The molecule has 0 radical (unpaired) electrons. The molecule has 0 unspecified atom stereocenters. The second-order valence-corrected chi connectivity index (χ2v) is 10.1. The summed E-state index contributed by atoms with van der Waals surface area (Å²) in [6.07, 6.45) is 3.62. The highest BCUT2D eigenvalue weighted by atomic mass is 79.9. The van der Waals surface area contributed by atoms with Crippen molar-refractivity contribution in [1.82, 2.24) is 5.43 Å². The first kappa shape index (κ1) is 27.3. The number of piperidine rings is 1. The molecule has 0 aliphatic carbocycles. The van der Waals surface area contributed by atoms with Crippen LogP contribution in [-0.2, 0) is 11.2 Å². The Morgan fingerprint density at radius 3 is 2.42 bits per heavy atom. The highest BCUT2D eigenvalue weighted by Crippen LogP contribution is 2.38. The van der Waals surface area contributed by atoms with Crippen LogP contribution in [0.4, 0.5) is 17.1 Å². The molecule has 1 aliphatic heterocycles. The van der Waals surface area contributed by atoms with E-state index >= 15 is 0 Å². The Bertz CT molecular complexity index is 1310. The summed E-state index contributed by atoms with van der Waals surface area (Å²) in [6.45, 7) is 4.03. The highest BCUT2D eigenvalue weighted by molar-refractivity contribution is 9.10. The molecular weight excluding hydrogens is 546 g/mol.